The molecule has 0 radical (unpaired) electrons. The number of ether oxygens (including phenoxy) is 1. The highest BCUT2D eigenvalue weighted by Crippen LogP contribution is 2.49. The minimum absolute atomic E-state index is 0.436. The zero-order valence-electron chi connectivity index (χ0n) is 9.96. The van der Waals surface area contributed by atoms with Gasteiger partial charge in [-0.2, -0.15) is 0 Å². The van der Waals surface area contributed by atoms with Crippen LogP contribution < -0.4 is 4.74 Å². The van der Waals surface area contributed by atoms with Gasteiger partial charge in [0.2, 0.25) is 0 Å². The second-order valence-electron chi connectivity index (χ2n) is 3.88. The van der Waals surface area contributed by atoms with Gasteiger partial charge in [-0.1, -0.05) is 42.2 Å². The normalized spacial score (nSPS) is 12.2. The minimum Gasteiger partial charge on any atom is -0.423 e. The quantitative estimate of drug-likeness (QED) is 0.396. The van der Waals surface area contributed by atoms with E-state index >= 15 is 0 Å². The van der Waals surface area contributed by atoms with Crippen LogP contribution in [0.1, 0.15) is 0 Å². The number of hydrogen-bond acceptors (Lipinski definition) is 4. The van der Waals surface area contributed by atoms with Crippen LogP contribution in [0.5, 0.6) is 5.75 Å². The average Bonchev–Trinajstić information content (AvgIpc) is 2.45. The summed E-state index contributed by atoms with van der Waals surface area (Å²) < 4.78 is 5.14. The Bertz CT molecular complexity index is 665. The summed E-state index contributed by atoms with van der Waals surface area (Å²) >= 11 is 3.43. The summed E-state index contributed by atoms with van der Waals surface area (Å²) in [5.74, 6) is 0.116. The van der Waals surface area contributed by atoms with Gasteiger partial charge in [0, 0.05) is 25.7 Å². The van der Waals surface area contributed by atoms with E-state index in [2.05, 4.69) is 18.7 Å². The van der Waals surface area contributed by atoms with Crippen molar-refractivity contribution in [2.45, 2.75) is 19.6 Å². The molecule has 0 aliphatic carbocycles. The smallest absolute Gasteiger partial charge is 0.335 e. The molecule has 4 heteroatoms. The molecule has 2 nitrogen and oxygen atoms in total. The first-order valence-corrected chi connectivity index (χ1v) is 7.32. The molecule has 3 rings (SSSR count). The zero-order chi connectivity index (χ0) is 13.2. The van der Waals surface area contributed by atoms with Crippen molar-refractivity contribution in [3.05, 3.63) is 55.1 Å². The molecule has 0 bridgehead atoms. The van der Waals surface area contributed by atoms with Crippen LogP contribution in [-0.2, 0) is 4.79 Å². The van der Waals surface area contributed by atoms with Gasteiger partial charge in [0.15, 0.2) is 0 Å². The fourth-order valence-corrected chi connectivity index (χ4v) is 3.97. The van der Waals surface area contributed by atoms with Crippen LogP contribution in [0, 0.1) is 0 Å². The van der Waals surface area contributed by atoms with E-state index in [-0.39, 0.29) is 0 Å². The Kier molecular flexibility index (Phi) is 3.36. The lowest BCUT2D eigenvalue weighted by Crippen LogP contribution is -2.03. The molecule has 2 aromatic carbocycles. The van der Waals surface area contributed by atoms with E-state index in [0.717, 1.165) is 11.0 Å². The first-order chi connectivity index (χ1) is 9.26. The van der Waals surface area contributed by atoms with Crippen molar-refractivity contribution in [2.75, 3.05) is 0 Å². The predicted molar refractivity (Wildman–Crippen MR) is 77.0 cm³/mol. The Morgan fingerprint density at radius 2 is 1.63 bits per heavy atom. The maximum atomic E-state index is 11.2. The molecule has 0 spiro atoms. The van der Waals surface area contributed by atoms with E-state index in [4.69, 9.17) is 4.74 Å². The third-order valence-electron chi connectivity index (χ3n) is 2.59. The first kappa shape index (κ1) is 12.4. The number of carbonyl (C=O) groups is 1. The standard InChI is InChI=1S/C15H10O2S2/c1-2-15(16)17-10-7-8-13-14(9-10)19-12-6-4-3-5-11(12)18-13/h2-9H,1H2. The molecule has 0 fully saturated rings. The van der Waals surface area contributed by atoms with Crippen molar-refractivity contribution in [3.63, 3.8) is 0 Å². The molecule has 0 atom stereocenters. The molecule has 0 saturated carbocycles. The Hall–Kier alpha value is -1.65. The molecule has 1 aliphatic rings. The maximum Gasteiger partial charge on any atom is 0.335 e. The van der Waals surface area contributed by atoms with Gasteiger partial charge < -0.3 is 4.74 Å². The molecule has 2 aromatic rings. The van der Waals surface area contributed by atoms with Gasteiger partial charge in [0.05, 0.1) is 0 Å². The monoisotopic (exact) mass is 286 g/mol. The lowest BCUT2D eigenvalue weighted by Gasteiger charge is -2.18. The second-order valence-corrected chi connectivity index (χ2v) is 6.05. The molecule has 1 aliphatic heterocycles. The molecular formula is C15H10O2S2. The molecule has 1 heterocycles. The predicted octanol–water partition coefficient (Wildman–Crippen LogP) is 4.39. The lowest BCUT2D eigenvalue weighted by atomic mass is 10.3. The maximum absolute atomic E-state index is 11.2. The van der Waals surface area contributed by atoms with Gasteiger partial charge in [0.1, 0.15) is 5.75 Å². The second kappa shape index (κ2) is 5.15. The van der Waals surface area contributed by atoms with Gasteiger partial charge in [-0.3, -0.25) is 0 Å². The summed E-state index contributed by atoms with van der Waals surface area (Å²) in [6.45, 7) is 3.39. The van der Waals surface area contributed by atoms with Crippen LogP contribution in [0.25, 0.3) is 0 Å². The number of rotatable bonds is 2. The van der Waals surface area contributed by atoms with E-state index in [9.17, 15) is 4.79 Å². The summed E-state index contributed by atoms with van der Waals surface area (Å²) in [7, 11) is 0. The van der Waals surface area contributed by atoms with Crippen LogP contribution in [-0.4, -0.2) is 5.97 Å². The fraction of sp³-hybridized carbons (Fsp3) is 0. The minimum atomic E-state index is -0.436. The summed E-state index contributed by atoms with van der Waals surface area (Å²) in [4.78, 5) is 16.0. The largest absolute Gasteiger partial charge is 0.423 e. The highest BCUT2D eigenvalue weighted by atomic mass is 32.2. The van der Waals surface area contributed by atoms with E-state index in [1.807, 2.05) is 30.3 Å². The number of carbonyl (C=O) groups excluding carboxylic acids is 1. The van der Waals surface area contributed by atoms with Crippen molar-refractivity contribution in [1.82, 2.24) is 0 Å². The van der Waals surface area contributed by atoms with Crippen molar-refractivity contribution in [2.24, 2.45) is 0 Å². The van der Waals surface area contributed by atoms with Gasteiger partial charge >= 0.3 is 5.97 Å². The first-order valence-electron chi connectivity index (χ1n) is 5.69. The van der Waals surface area contributed by atoms with Crippen molar-refractivity contribution >= 4 is 29.5 Å². The third kappa shape index (κ3) is 2.55. The molecule has 0 amide bonds. The summed E-state index contributed by atoms with van der Waals surface area (Å²) in [5.41, 5.74) is 0. The van der Waals surface area contributed by atoms with Crippen molar-refractivity contribution < 1.29 is 9.53 Å². The van der Waals surface area contributed by atoms with E-state index < -0.39 is 5.97 Å². The summed E-state index contributed by atoms with van der Waals surface area (Å²) in [6.07, 6.45) is 1.16. The van der Waals surface area contributed by atoms with Gasteiger partial charge in [-0.05, 0) is 30.3 Å². The number of benzene rings is 2. The lowest BCUT2D eigenvalue weighted by molar-refractivity contribution is -0.128. The van der Waals surface area contributed by atoms with Crippen molar-refractivity contribution in [3.8, 4) is 5.75 Å². The Balaban J connectivity index is 1.91. The van der Waals surface area contributed by atoms with Gasteiger partial charge in [-0.25, -0.2) is 4.79 Å². The van der Waals surface area contributed by atoms with Crippen molar-refractivity contribution in [1.29, 1.82) is 0 Å². The SMILES string of the molecule is C=CC(=O)Oc1ccc2c(c1)Sc1ccccc1S2. The van der Waals surface area contributed by atoms with E-state index in [1.165, 1.54) is 14.7 Å². The van der Waals surface area contributed by atoms with E-state index in [0.29, 0.717) is 5.75 Å². The van der Waals surface area contributed by atoms with Gasteiger partial charge in [-0.15, -0.1) is 0 Å². The Morgan fingerprint density at radius 3 is 2.32 bits per heavy atom. The summed E-state index contributed by atoms with van der Waals surface area (Å²) in [6, 6.07) is 14.0. The molecule has 19 heavy (non-hydrogen) atoms. The summed E-state index contributed by atoms with van der Waals surface area (Å²) in [5, 5.41) is 0. The van der Waals surface area contributed by atoms with Crippen LogP contribution in [0.3, 0.4) is 0 Å². The molecule has 94 valence electrons. The fourth-order valence-electron chi connectivity index (χ4n) is 1.73. The number of fused-ring (bicyclic) bond motifs is 2. The Morgan fingerprint density at radius 1 is 1.00 bits per heavy atom. The van der Waals surface area contributed by atoms with E-state index in [1.54, 1.807) is 23.5 Å². The van der Waals surface area contributed by atoms with Crippen LogP contribution in [0.2, 0.25) is 0 Å². The zero-order valence-corrected chi connectivity index (χ0v) is 11.6. The van der Waals surface area contributed by atoms with Gasteiger partial charge in [0.25, 0.3) is 0 Å². The number of esters is 1. The highest BCUT2D eigenvalue weighted by molar-refractivity contribution is 8.05. The molecule has 0 unspecified atom stereocenters. The third-order valence-corrected chi connectivity index (χ3v) is 5.13. The van der Waals surface area contributed by atoms with Crippen LogP contribution in [0.15, 0.2) is 74.7 Å². The Labute approximate surface area is 119 Å². The topological polar surface area (TPSA) is 26.3 Å². The van der Waals surface area contributed by atoms with Crippen LogP contribution >= 0.6 is 23.5 Å². The molecule has 0 N–H and O–H groups in total. The molecule has 0 saturated heterocycles. The van der Waals surface area contributed by atoms with Crippen LogP contribution in [0.4, 0.5) is 0 Å². The number of hydrogen-bond donors (Lipinski definition) is 0. The average molecular weight is 286 g/mol. The highest BCUT2D eigenvalue weighted by Gasteiger charge is 2.17. The molecule has 0 aromatic heterocycles. The molecular weight excluding hydrogens is 276 g/mol.